The minimum atomic E-state index is -3.38. The molecule has 0 unspecified atom stereocenters. The molecule has 0 spiro atoms. The van der Waals surface area contributed by atoms with E-state index >= 15 is 0 Å². The zero-order valence-corrected chi connectivity index (χ0v) is 13.1. The predicted molar refractivity (Wildman–Crippen MR) is 83.4 cm³/mol. The quantitative estimate of drug-likeness (QED) is 0.473. The number of nitrogens with one attached hydrogen (secondary N) is 1. The molecular formula is C13H16N4O2S2. The number of hydrogen-bond donors (Lipinski definition) is 2. The summed E-state index contributed by atoms with van der Waals surface area (Å²) in [6, 6.07) is 6.17. The molecule has 2 aromatic rings. The van der Waals surface area contributed by atoms with Crippen molar-refractivity contribution in [3.63, 3.8) is 0 Å². The van der Waals surface area contributed by atoms with Crippen LogP contribution in [0.3, 0.4) is 0 Å². The number of aryl methyl sites for hydroxylation is 1. The molecule has 21 heavy (non-hydrogen) atoms. The van der Waals surface area contributed by atoms with Gasteiger partial charge in [0.25, 0.3) is 0 Å². The van der Waals surface area contributed by atoms with Gasteiger partial charge >= 0.3 is 0 Å². The highest BCUT2D eigenvalue weighted by Gasteiger charge is 2.15. The molecule has 112 valence electrons. The Morgan fingerprint density at radius 3 is 2.86 bits per heavy atom. The van der Waals surface area contributed by atoms with Crippen molar-refractivity contribution >= 4 is 27.4 Å². The molecule has 0 aliphatic rings. The average Bonchev–Trinajstić information content (AvgIpc) is 2.84. The highest BCUT2D eigenvalue weighted by molar-refractivity contribution is 8.00. The zero-order chi connectivity index (χ0) is 15.5. The van der Waals surface area contributed by atoms with E-state index in [4.69, 9.17) is 11.1 Å². The summed E-state index contributed by atoms with van der Waals surface area (Å²) >= 11 is 1.44. The van der Waals surface area contributed by atoms with Gasteiger partial charge < -0.3 is 5.73 Å². The molecule has 1 aromatic heterocycles. The Hall–Kier alpha value is -1.80. The summed E-state index contributed by atoms with van der Waals surface area (Å²) in [4.78, 5) is 1.13. The molecule has 0 radical (unpaired) electrons. The van der Waals surface area contributed by atoms with Gasteiger partial charge in [0.05, 0.1) is 16.8 Å². The van der Waals surface area contributed by atoms with E-state index in [2.05, 4.69) is 5.10 Å². The first-order chi connectivity index (χ1) is 9.88. The van der Waals surface area contributed by atoms with E-state index in [0.717, 1.165) is 4.90 Å². The Morgan fingerprint density at radius 1 is 1.48 bits per heavy atom. The number of thioether (sulfide) groups is 1. The minimum Gasteiger partial charge on any atom is -0.384 e. The van der Waals surface area contributed by atoms with Gasteiger partial charge in [0.2, 0.25) is 0 Å². The molecule has 2 rings (SSSR count). The molecule has 1 aromatic carbocycles. The van der Waals surface area contributed by atoms with Gasteiger partial charge in [-0.15, -0.1) is 11.8 Å². The van der Waals surface area contributed by atoms with Crippen LogP contribution in [0.4, 0.5) is 0 Å². The molecule has 3 N–H and O–H groups in total. The van der Waals surface area contributed by atoms with Crippen LogP contribution in [-0.4, -0.2) is 35.5 Å². The number of nitrogens with two attached hydrogens (primary N) is 1. The molecule has 0 aliphatic carbocycles. The molecule has 0 bridgehead atoms. The summed E-state index contributed by atoms with van der Waals surface area (Å²) in [5.74, 6) is 0.323. The molecule has 8 heteroatoms. The minimum absolute atomic E-state index is 0.0217. The third-order valence-corrected chi connectivity index (χ3v) is 5.73. The fourth-order valence-electron chi connectivity index (χ4n) is 1.72. The lowest BCUT2D eigenvalue weighted by molar-refractivity contribution is 0.597. The first kappa shape index (κ1) is 15.6. The van der Waals surface area contributed by atoms with Crippen LogP contribution in [0.5, 0.6) is 0 Å². The molecule has 1 heterocycles. The van der Waals surface area contributed by atoms with E-state index in [1.807, 2.05) is 13.2 Å². The summed E-state index contributed by atoms with van der Waals surface area (Å²) in [5.41, 5.74) is 5.79. The van der Waals surface area contributed by atoms with E-state index in [1.165, 1.54) is 23.9 Å². The van der Waals surface area contributed by atoms with Crippen LogP contribution in [0.1, 0.15) is 5.56 Å². The van der Waals surface area contributed by atoms with Crippen LogP contribution in [0.2, 0.25) is 0 Å². The first-order valence-electron chi connectivity index (χ1n) is 6.17. The van der Waals surface area contributed by atoms with Gasteiger partial charge in [0.15, 0.2) is 9.84 Å². The van der Waals surface area contributed by atoms with Gasteiger partial charge in [-0.05, 0) is 12.1 Å². The molecule has 0 atom stereocenters. The van der Waals surface area contributed by atoms with E-state index < -0.39 is 9.84 Å². The standard InChI is InChI=1S/C13H16N4O2S2/c1-17-9-11(8-16-17)20-5-6-21(18,19)12-4-2-3-10(7-12)13(14)15/h2-4,7-9H,5-6H2,1H3,(H3,14,15). The molecule has 0 saturated heterocycles. The fraction of sp³-hybridized carbons (Fsp3) is 0.231. The highest BCUT2D eigenvalue weighted by atomic mass is 32.2. The number of hydrogen-bond acceptors (Lipinski definition) is 5. The number of amidine groups is 1. The predicted octanol–water partition coefficient (Wildman–Crippen LogP) is 1.27. The number of nitrogen functional groups attached to an aromatic ring is 1. The van der Waals surface area contributed by atoms with Gasteiger partial charge in [-0.3, -0.25) is 10.1 Å². The molecule has 6 nitrogen and oxygen atoms in total. The van der Waals surface area contributed by atoms with Gasteiger partial charge in [-0.2, -0.15) is 5.10 Å². The Bertz CT molecular complexity index is 753. The average molecular weight is 324 g/mol. The summed E-state index contributed by atoms with van der Waals surface area (Å²) in [6.45, 7) is 0. The van der Waals surface area contributed by atoms with E-state index in [-0.39, 0.29) is 16.5 Å². The van der Waals surface area contributed by atoms with Gasteiger partial charge in [0.1, 0.15) is 5.84 Å². The van der Waals surface area contributed by atoms with Crippen molar-refractivity contribution in [3.8, 4) is 0 Å². The molecule has 0 fully saturated rings. The van der Waals surface area contributed by atoms with E-state index in [9.17, 15) is 8.42 Å². The Morgan fingerprint density at radius 2 is 2.24 bits per heavy atom. The summed E-state index contributed by atoms with van der Waals surface area (Å²) in [6.07, 6.45) is 3.54. The third kappa shape index (κ3) is 4.08. The Balaban J connectivity index is 2.04. The van der Waals surface area contributed by atoms with Crippen molar-refractivity contribution in [2.75, 3.05) is 11.5 Å². The lowest BCUT2D eigenvalue weighted by atomic mass is 10.2. The summed E-state index contributed by atoms with van der Waals surface area (Å²) in [7, 11) is -1.57. The summed E-state index contributed by atoms with van der Waals surface area (Å²) in [5, 5.41) is 11.4. The number of rotatable bonds is 6. The molecule has 0 aliphatic heterocycles. The van der Waals surface area contributed by atoms with Crippen molar-refractivity contribution in [3.05, 3.63) is 42.2 Å². The third-order valence-electron chi connectivity index (χ3n) is 2.81. The smallest absolute Gasteiger partial charge is 0.179 e. The van der Waals surface area contributed by atoms with E-state index in [1.54, 1.807) is 23.0 Å². The number of nitrogens with zero attached hydrogens (tertiary/aromatic N) is 2. The van der Waals surface area contributed by atoms with Crippen LogP contribution >= 0.6 is 11.8 Å². The lowest BCUT2D eigenvalue weighted by Gasteiger charge is -2.06. The van der Waals surface area contributed by atoms with E-state index in [0.29, 0.717) is 11.3 Å². The largest absolute Gasteiger partial charge is 0.384 e. The summed E-state index contributed by atoms with van der Waals surface area (Å²) < 4.78 is 26.2. The molecular weight excluding hydrogens is 308 g/mol. The Kier molecular flexibility index (Phi) is 4.69. The van der Waals surface area contributed by atoms with Crippen LogP contribution in [-0.2, 0) is 16.9 Å². The monoisotopic (exact) mass is 324 g/mol. The lowest BCUT2D eigenvalue weighted by Crippen LogP contribution is -2.13. The number of benzene rings is 1. The van der Waals surface area contributed by atoms with Crippen molar-refractivity contribution in [1.82, 2.24) is 9.78 Å². The first-order valence-corrected chi connectivity index (χ1v) is 8.81. The maximum Gasteiger partial charge on any atom is 0.179 e. The fourth-order valence-corrected chi connectivity index (χ4v) is 4.34. The zero-order valence-electron chi connectivity index (χ0n) is 11.5. The van der Waals surface area contributed by atoms with Gasteiger partial charge in [-0.25, -0.2) is 8.42 Å². The second-order valence-corrected chi connectivity index (χ2v) is 7.74. The maximum atomic E-state index is 12.3. The molecule has 0 saturated carbocycles. The van der Waals surface area contributed by atoms with Crippen LogP contribution < -0.4 is 5.73 Å². The van der Waals surface area contributed by atoms with Crippen molar-refractivity contribution in [1.29, 1.82) is 5.41 Å². The SMILES string of the molecule is Cn1cc(SCCS(=O)(=O)c2cccc(C(=N)N)c2)cn1. The number of sulfone groups is 1. The second kappa shape index (κ2) is 6.31. The molecule has 0 amide bonds. The Labute approximate surface area is 127 Å². The van der Waals surface area contributed by atoms with Crippen molar-refractivity contribution < 1.29 is 8.42 Å². The number of aromatic nitrogens is 2. The van der Waals surface area contributed by atoms with Gasteiger partial charge in [-0.1, -0.05) is 12.1 Å². The second-order valence-electron chi connectivity index (χ2n) is 4.46. The maximum absolute atomic E-state index is 12.3. The van der Waals surface area contributed by atoms with Crippen LogP contribution in [0.25, 0.3) is 0 Å². The highest BCUT2D eigenvalue weighted by Crippen LogP contribution is 2.19. The van der Waals surface area contributed by atoms with Crippen LogP contribution in [0, 0.1) is 5.41 Å². The van der Waals surface area contributed by atoms with Gasteiger partial charge in [0, 0.05) is 29.5 Å². The van der Waals surface area contributed by atoms with Crippen molar-refractivity contribution in [2.45, 2.75) is 9.79 Å². The van der Waals surface area contributed by atoms with Crippen molar-refractivity contribution in [2.24, 2.45) is 12.8 Å². The van der Waals surface area contributed by atoms with Crippen LogP contribution in [0.15, 0.2) is 46.5 Å². The normalized spacial score (nSPS) is 11.5. The topological polar surface area (TPSA) is 102 Å².